The molecule has 0 unspecified atom stereocenters. The van der Waals surface area contributed by atoms with Crippen molar-refractivity contribution in [2.75, 3.05) is 0 Å². The fourth-order valence-electron chi connectivity index (χ4n) is 3.77. The van der Waals surface area contributed by atoms with Gasteiger partial charge in [0.15, 0.2) is 0 Å². The molecule has 0 atom stereocenters. The Kier molecular flexibility index (Phi) is 4.36. The van der Waals surface area contributed by atoms with Gasteiger partial charge in [0.1, 0.15) is 0 Å². The molecule has 0 amide bonds. The Morgan fingerprint density at radius 3 is 1.84 bits per heavy atom. The highest BCUT2D eigenvalue weighted by molar-refractivity contribution is 5.73. The van der Waals surface area contributed by atoms with Crippen LogP contribution >= 0.6 is 0 Å². The zero-order valence-corrected chi connectivity index (χ0v) is 17.1. The van der Waals surface area contributed by atoms with Gasteiger partial charge in [-0.15, -0.1) is 10.2 Å². The van der Waals surface area contributed by atoms with Gasteiger partial charge < -0.3 is 4.42 Å². The van der Waals surface area contributed by atoms with Crippen LogP contribution in [-0.4, -0.2) is 19.8 Å². The molecule has 0 bridgehead atoms. The summed E-state index contributed by atoms with van der Waals surface area (Å²) in [5.74, 6) is 0.995. The van der Waals surface area contributed by atoms with Crippen LogP contribution in [0.4, 0.5) is 0 Å². The van der Waals surface area contributed by atoms with Gasteiger partial charge in [-0.3, -0.25) is 0 Å². The summed E-state index contributed by atoms with van der Waals surface area (Å²) in [6.45, 7) is 0. The average molecular weight is 414 g/mol. The Morgan fingerprint density at radius 2 is 1.12 bits per heavy atom. The first-order valence-electron chi connectivity index (χ1n) is 10.4. The van der Waals surface area contributed by atoms with Gasteiger partial charge in [-0.25, -0.2) is 4.52 Å². The van der Waals surface area contributed by atoms with E-state index in [4.69, 9.17) is 9.52 Å². The molecule has 6 rings (SSSR count). The van der Waals surface area contributed by atoms with Crippen LogP contribution in [0.1, 0.15) is 0 Å². The monoisotopic (exact) mass is 414 g/mol. The van der Waals surface area contributed by atoms with Crippen LogP contribution in [0.3, 0.4) is 0 Å². The van der Waals surface area contributed by atoms with Gasteiger partial charge in [0.25, 0.3) is 0 Å². The molecule has 32 heavy (non-hydrogen) atoms. The maximum absolute atomic E-state index is 5.90. The summed E-state index contributed by atoms with van der Waals surface area (Å²) in [6.07, 6.45) is 1.92. The first kappa shape index (κ1) is 18.3. The van der Waals surface area contributed by atoms with Crippen molar-refractivity contribution in [2.24, 2.45) is 0 Å². The van der Waals surface area contributed by atoms with Crippen molar-refractivity contribution in [1.29, 1.82) is 0 Å². The summed E-state index contributed by atoms with van der Waals surface area (Å²) < 4.78 is 7.76. The maximum Gasteiger partial charge on any atom is 0.248 e. The Morgan fingerprint density at radius 1 is 0.531 bits per heavy atom. The predicted octanol–water partition coefficient (Wildman–Crippen LogP) is 6.39. The molecule has 5 nitrogen and oxygen atoms in total. The highest BCUT2D eigenvalue weighted by Gasteiger charge is 2.12. The van der Waals surface area contributed by atoms with E-state index in [1.54, 1.807) is 0 Å². The lowest BCUT2D eigenvalue weighted by molar-refractivity contribution is 0.584. The molecule has 3 heterocycles. The van der Waals surface area contributed by atoms with Crippen LogP contribution in [-0.2, 0) is 0 Å². The second-order valence-corrected chi connectivity index (χ2v) is 7.54. The number of aromatic nitrogens is 4. The number of fused-ring (bicyclic) bond motifs is 1. The molecule has 152 valence electrons. The highest BCUT2D eigenvalue weighted by Crippen LogP contribution is 2.28. The number of hydrogen-bond acceptors (Lipinski definition) is 4. The van der Waals surface area contributed by atoms with Gasteiger partial charge in [-0.05, 0) is 41.5 Å². The summed E-state index contributed by atoms with van der Waals surface area (Å²) in [4.78, 5) is 0. The molecule has 0 saturated carbocycles. The van der Waals surface area contributed by atoms with Crippen LogP contribution in [0.25, 0.3) is 50.8 Å². The van der Waals surface area contributed by atoms with Gasteiger partial charge in [0.2, 0.25) is 11.8 Å². The first-order valence-corrected chi connectivity index (χ1v) is 10.4. The zero-order chi connectivity index (χ0) is 21.3. The van der Waals surface area contributed by atoms with Crippen molar-refractivity contribution in [1.82, 2.24) is 19.8 Å². The molecule has 0 radical (unpaired) electrons. The van der Waals surface area contributed by atoms with Crippen LogP contribution in [0.2, 0.25) is 0 Å². The van der Waals surface area contributed by atoms with E-state index in [0.29, 0.717) is 11.8 Å². The summed E-state index contributed by atoms with van der Waals surface area (Å²) in [5, 5.41) is 13.1. The third-order valence-electron chi connectivity index (χ3n) is 5.44. The van der Waals surface area contributed by atoms with Gasteiger partial charge in [-0.2, -0.15) is 5.10 Å². The van der Waals surface area contributed by atoms with Crippen LogP contribution in [0.15, 0.2) is 114 Å². The zero-order valence-electron chi connectivity index (χ0n) is 17.1. The van der Waals surface area contributed by atoms with E-state index in [0.717, 1.165) is 27.9 Å². The fourth-order valence-corrected chi connectivity index (χ4v) is 3.77. The third kappa shape index (κ3) is 3.36. The van der Waals surface area contributed by atoms with E-state index in [9.17, 15) is 0 Å². The second-order valence-electron chi connectivity index (χ2n) is 7.54. The van der Waals surface area contributed by atoms with E-state index >= 15 is 0 Å². The van der Waals surface area contributed by atoms with Gasteiger partial charge >= 0.3 is 0 Å². The summed E-state index contributed by atoms with van der Waals surface area (Å²) in [6, 6.07) is 34.6. The maximum atomic E-state index is 5.90. The molecule has 3 aromatic carbocycles. The van der Waals surface area contributed by atoms with Gasteiger partial charge in [0, 0.05) is 22.9 Å². The van der Waals surface area contributed by atoms with Gasteiger partial charge in [-0.1, -0.05) is 72.8 Å². The summed E-state index contributed by atoms with van der Waals surface area (Å²) in [7, 11) is 0. The molecule has 5 heteroatoms. The van der Waals surface area contributed by atoms with Crippen LogP contribution < -0.4 is 0 Å². The average Bonchev–Trinajstić information content (AvgIpc) is 3.52. The molecule has 3 aromatic heterocycles. The summed E-state index contributed by atoms with van der Waals surface area (Å²) >= 11 is 0. The molecular formula is C27H18N4O. The predicted molar refractivity (Wildman–Crippen MR) is 125 cm³/mol. The molecule has 6 aromatic rings. The van der Waals surface area contributed by atoms with Crippen molar-refractivity contribution in [3.8, 4) is 45.3 Å². The number of benzene rings is 3. The molecule has 0 fully saturated rings. The Labute approximate surface area is 184 Å². The van der Waals surface area contributed by atoms with E-state index in [2.05, 4.69) is 64.8 Å². The molecule has 0 aliphatic rings. The van der Waals surface area contributed by atoms with E-state index in [1.807, 2.05) is 59.2 Å². The first-order chi connectivity index (χ1) is 15.8. The molecule has 0 aliphatic carbocycles. The Bertz CT molecular complexity index is 1500. The molecular weight excluding hydrogens is 396 g/mol. The second kappa shape index (κ2) is 7.63. The molecule has 0 aliphatic heterocycles. The Hall–Kier alpha value is -4.51. The smallest absolute Gasteiger partial charge is 0.248 e. The standard InChI is InChI=1S/C27H18N4O/c1-3-7-19(8-4-1)20-11-13-21(14-12-20)25-18-24-17-23(15-16-31(24)30-25)27-29-28-26(32-27)22-9-5-2-6-10-22/h1-18H. The van der Waals surface area contributed by atoms with E-state index in [-0.39, 0.29) is 0 Å². The summed E-state index contributed by atoms with van der Waals surface area (Å²) in [5.41, 5.74) is 7.09. The molecule has 0 saturated heterocycles. The Balaban J connectivity index is 1.31. The lowest BCUT2D eigenvalue weighted by Crippen LogP contribution is -1.88. The lowest BCUT2D eigenvalue weighted by Gasteiger charge is -2.02. The molecule has 0 spiro atoms. The lowest BCUT2D eigenvalue weighted by atomic mass is 10.0. The van der Waals surface area contributed by atoms with Crippen molar-refractivity contribution in [3.63, 3.8) is 0 Å². The normalized spacial score (nSPS) is 11.1. The van der Waals surface area contributed by atoms with Crippen molar-refractivity contribution in [3.05, 3.63) is 109 Å². The largest absolute Gasteiger partial charge is 0.416 e. The van der Waals surface area contributed by atoms with Crippen molar-refractivity contribution >= 4 is 5.52 Å². The van der Waals surface area contributed by atoms with E-state index in [1.165, 1.54) is 11.1 Å². The van der Waals surface area contributed by atoms with E-state index < -0.39 is 0 Å². The quantitative estimate of drug-likeness (QED) is 0.336. The number of nitrogens with zero attached hydrogens (tertiary/aromatic N) is 4. The van der Waals surface area contributed by atoms with Crippen LogP contribution in [0.5, 0.6) is 0 Å². The minimum Gasteiger partial charge on any atom is -0.416 e. The minimum atomic E-state index is 0.487. The van der Waals surface area contributed by atoms with Crippen LogP contribution in [0, 0.1) is 0 Å². The fraction of sp³-hybridized carbons (Fsp3) is 0. The highest BCUT2D eigenvalue weighted by atomic mass is 16.4. The van der Waals surface area contributed by atoms with Gasteiger partial charge in [0.05, 0.1) is 11.2 Å². The SMILES string of the molecule is c1ccc(-c2ccc(-c3cc4cc(-c5nnc(-c6ccccc6)o5)ccn4n3)cc2)cc1. The number of rotatable bonds is 4. The van der Waals surface area contributed by atoms with Crippen molar-refractivity contribution in [2.45, 2.75) is 0 Å². The number of hydrogen-bond donors (Lipinski definition) is 0. The topological polar surface area (TPSA) is 56.2 Å². The van der Waals surface area contributed by atoms with Crippen molar-refractivity contribution < 1.29 is 4.42 Å². The number of pyridine rings is 1. The minimum absolute atomic E-state index is 0.487. The third-order valence-corrected chi connectivity index (χ3v) is 5.44. The molecule has 0 N–H and O–H groups in total.